The Labute approximate surface area is 131 Å². The summed E-state index contributed by atoms with van der Waals surface area (Å²) in [6, 6.07) is 10.5. The molecule has 0 aliphatic carbocycles. The fourth-order valence-corrected chi connectivity index (χ4v) is 2.44. The highest BCUT2D eigenvalue weighted by molar-refractivity contribution is 6.31. The molecule has 0 heterocycles. The number of para-hydroxylation sites is 1. The third-order valence-electron chi connectivity index (χ3n) is 3.25. The van der Waals surface area contributed by atoms with Crippen molar-refractivity contribution in [3.8, 4) is 0 Å². The molecular formula is C15H14ClFN2O3. The van der Waals surface area contributed by atoms with Crippen molar-refractivity contribution < 1.29 is 14.4 Å². The van der Waals surface area contributed by atoms with Gasteiger partial charge >= 0.3 is 5.69 Å². The second-order valence-electron chi connectivity index (χ2n) is 5.00. The highest BCUT2D eigenvalue weighted by atomic mass is 35.5. The van der Waals surface area contributed by atoms with Crippen LogP contribution >= 0.6 is 11.6 Å². The molecule has 0 saturated heterocycles. The van der Waals surface area contributed by atoms with E-state index in [1.807, 2.05) is 0 Å². The van der Waals surface area contributed by atoms with E-state index in [1.54, 1.807) is 24.3 Å². The van der Waals surface area contributed by atoms with Gasteiger partial charge in [0.2, 0.25) is 5.82 Å². The largest absolute Gasteiger partial charge is 0.384 e. The van der Waals surface area contributed by atoms with E-state index in [-0.39, 0.29) is 12.2 Å². The van der Waals surface area contributed by atoms with Gasteiger partial charge in [-0.2, -0.15) is 4.39 Å². The summed E-state index contributed by atoms with van der Waals surface area (Å²) in [5.41, 5.74) is -1.56. The van der Waals surface area contributed by atoms with Crippen molar-refractivity contribution in [2.45, 2.75) is 12.5 Å². The summed E-state index contributed by atoms with van der Waals surface area (Å²) in [6.45, 7) is 1.45. The van der Waals surface area contributed by atoms with Crippen LogP contribution in [-0.4, -0.2) is 16.6 Å². The number of rotatable bonds is 5. The number of nitrogens with zero attached hydrogens (tertiary/aromatic N) is 1. The third-order valence-corrected chi connectivity index (χ3v) is 3.58. The van der Waals surface area contributed by atoms with Gasteiger partial charge in [0.25, 0.3) is 0 Å². The second kappa shape index (κ2) is 6.29. The summed E-state index contributed by atoms with van der Waals surface area (Å²) < 4.78 is 13.5. The smallest absolute Gasteiger partial charge is 0.327 e. The minimum Gasteiger partial charge on any atom is -0.384 e. The van der Waals surface area contributed by atoms with Gasteiger partial charge < -0.3 is 10.4 Å². The Bertz CT molecular complexity index is 707. The maximum Gasteiger partial charge on any atom is 0.327 e. The summed E-state index contributed by atoms with van der Waals surface area (Å²) in [7, 11) is 0. The van der Waals surface area contributed by atoms with Gasteiger partial charge in [-0.25, -0.2) is 0 Å². The van der Waals surface area contributed by atoms with Crippen molar-refractivity contribution in [1.82, 2.24) is 0 Å². The first-order valence-electron chi connectivity index (χ1n) is 6.47. The average molecular weight is 325 g/mol. The summed E-state index contributed by atoms with van der Waals surface area (Å²) in [4.78, 5) is 10.1. The highest BCUT2D eigenvalue weighted by Crippen LogP contribution is 2.31. The number of anilines is 1. The number of halogens is 2. The Hall–Kier alpha value is -2.18. The van der Waals surface area contributed by atoms with Gasteiger partial charge in [-0.1, -0.05) is 35.9 Å². The van der Waals surface area contributed by atoms with E-state index in [0.29, 0.717) is 10.6 Å². The first kappa shape index (κ1) is 16.2. The molecule has 0 aliphatic rings. The van der Waals surface area contributed by atoms with Gasteiger partial charge in [0, 0.05) is 17.1 Å². The molecular weight excluding hydrogens is 311 g/mol. The van der Waals surface area contributed by atoms with E-state index in [9.17, 15) is 19.6 Å². The molecule has 0 radical (unpaired) electrons. The van der Waals surface area contributed by atoms with Crippen LogP contribution in [0.4, 0.5) is 15.8 Å². The van der Waals surface area contributed by atoms with Crippen LogP contribution in [-0.2, 0) is 5.60 Å². The zero-order valence-corrected chi connectivity index (χ0v) is 12.5. The van der Waals surface area contributed by atoms with Crippen molar-refractivity contribution >= 4 is 23.0 Å². The first-order chi connectivity index (χ1) is 10.3. The zero-order valence-electron chi connectivity index (χ0n) is 11.7. The Morgan fingerprint density at radius 3 is 2.64 bits per heavy atom. The van der Waals surface area contributed by atoms with Crippen LogP contribution in [0, 0.1) is 15.9 Å². The van der Waals surface area contributed by atoms with Gasteiger partial charge in [0.05, 0.1) is 4.92 Å². The first-order valence-corrected chi connectivity index (χ1v) is 6.85. The van der Waals surface area contributed by atoms with E-state index in [1.165, 1.54) is 19.1 Å². The maximum atomic E-state index is 13.5. The molecule has 0 aliphatic heterocycles. The van der Waals surface area contributed by atoms with E-state index < -0.39 is 22.0 Å². The molecule has 1 atom stereocenters. The molecule has 0 spiro atoms. The van der Waals surface area contributed by atoms with Crippen molar-refractivity contribution in [3.63, 3.8) is 0 Å². The van der Waals surface area contributed by atoms with Crippen molar-refractivity contribution in [1.29, 1.82) is 0 Å². The molecule has 2 aromatic carbocycles. The highest BCUT2D eigenvalue weighted by Gasteiger charge is 2.27. The Morgan fingerprint density at radius 1 is 1.32 bits per heavy atom. The lowest BCUT2D eigenvalue weighted by molar-refractivity contribution is -0.386. The molecule has 2 N–H and O–H groups in total. The Morgan fingerprint density at radius 2 is 2.00 bits per heavy atom. The number of benzene rings is 2. The number of aliphatic hydroxyl groups is 1. The van der Waals surface area contributed by atoms with Crippen LogP contribution in [0.25, 0.3) is 0 Å². The minimum atomic E-state index is -1.38. The molecule has 116 valence electrons. The Balaban J connectivity index is 2.25. The molecule has 22 heavy (non-hydrogen) atoms. The van der Waals surface area contributed by atoms with Crippen molar-refractivity contribution in [2.75, 3.05) is 11.9 Å². The fraction of sp³-hybridized carbons (Fsp3) is 0.200. The van der Waals surface area contributed by atoms with Gasteiger partial charge in [0.1, 0.15) is 11.3 Å². The molecule has 7 heteroatoms. The summed E-state index contributed by atoms with van der Waals surface area (Å²) in [5.74, 6) is -0.938. The molecule has 0 amide bonds. The van der Waals surface area contributed by atoms with Gasteiger partial charge in [-0.05, 0) is 25.1 Å². The molecule has 1 unspecified atom stereocenters. The van der Waals surface area contributed by atoms with Crippen molar-refractivity contribution in [2.24, 2.45) is 0 Å². The minimum absolute atomic E-state index is 0.00247. The predicted octanol–water partition coefficient (Wildman–Crippen LogP) is 3.71. The quantitative estimate of drug-likeness (QED) is 0.649. The molecule has 2 aromatic rings. The predicted molar refractivity (Wildman–Crippen MR) is 82.6 cm³/mol. The van der Waals surface area contributed by atoms with Crippen LogP contribution in [0.1, 0.15) is 12.5 Å². The van der Waals surface area contributed by atoms with Gasteiger partial charge in [-0.3, -0.25) is 10.1 Å². The van der Waals surface area contributed by atoms with E-state index >= 15 is 0 Å². The van der Waals surface area contributed by atoms with Crippen LogP contribution in [0.3, 0.4) is 0 Å². The number of hydrogen-bond donors (Lipinski definition) is 2. The zero-order chi connectivity index (χ0) is 16.3. The maximum absolute atomic E-state index is 13.5. The van der Waals surface area contributed by atoms with Crippen LogP contribution in [0.2, 0.25) is 5.02 Å². The van der Waals surface area contributed by atoms with E-state index in [2.05, 4.69) is 5.32 Å². The SMILES string of the molecule is CC(O)(CNc1cccc(F)c1[N+](=O)[O-])c1ccccc1Cl. The summed E-state index contributed by atoms with van der Waals surface area (Å²) in [5, 5.41) is 24.5. The van der Waals surface area contributed by atoms with Crippen LogP contribution in [0.5, 0.6) is 0 Å². The lowest BCUT2D eigenvalue weighted by atomic mass is 9.96. The normalized spacial score (nSPS) is 13.5. The lowest BCUT2D eigenvalue weighted by Gasteiger charge is -2.25. The average Bonchev–Trinajstić information content (AvgIpc) is 2.45. The fourth-order valence-electron chi connectivity index (χ4n) is 2.10. The third kappa shape index (κ3) is 3.35. The monoisotopic (exact) mass is 324 g/mol. The number of nitro benzene ring substituents is 1. The van der Waals surface area contributed by atoms with E-state index in [0.717, 1.165) is 6.07 Å². The number of nitrogens with one attached hydrogen (secondary N) is 1. The molecule has 2 rings (SSSR count). The molecule has 0 aromatic heterocycles. The molecule has 0 fully saturated rings. The van der Waals surface area contributed by atoms with Crippen LogP contribution < -0.4 is 5.32 Å². The second-order valence-corrected chi connectivity index (χ2v) is 5.41. The molecule has 0 saturated carbocycles. The van der Waals surface area contributed by atoms with Gasteiger partial charge in [0.15, 0.2) is 0 Å². The Kier molecular flexibility index (Phi) is 4.63. The standard InChI is InChI=1S/C15H14ClFN2O3/c1-15(20,10-5-2-3-6-11(10)16)9-18-13-8-4-7-12(17)14(13)19(21)22/h2-8,18,20H,9H2,1H3. The number of nitro groups is 1. The summed E-state index contributed by atoms with van der Waals surface area (Å²) in [6.07, 6.45) is 0. The van der Waals surface area contributed by atoms with Crippen LogP contribution in [0.15, 0.2) is 42.5 Å². The number of hydrogen-bond acceptors (Lipinski definition) is 4. The summed E-state index contributed by atoms with van der Waals surface area (Å²) >= 11 is 6.04. The van der Waals surface area contributed by atoms with Crippen molar-refractivity contribution in [3.05, 3.63) is 69.0 Å². The molecule has 0 bridgehead atoms. The topological polar surface area (TPSA) is 75.4 Å². The lowest BCUT2D eigenvalue weighted by Crippen LogP contribution is -2.31. The van der Waals surface area contributed by atoms with Gasteiger partial charge in [-0.15, -0.1) is 0 Å². The van der Waals surface area contributed by atoms with E-state index in [4.69, 9.17) is 11.6 Å². The molecule has 5 nitrogen and oxygen atoms in total.